The minimum atomic E-state index is -0.498. The monoisotopic (exact) mass is 513 g/mol. The predicted octanol–water partition coefficient (Wildman–Crippen LogP) is 2.91. The minimum Gasteiger partial charge on any atom is -0.485 e. The Balaban J connectivity index is 1.08. The van der Waals surface area contributed by atoms with Crippen LogP contribution in [0.5, 0.6) is 11.5 Å². The molecule has 10 nitrogen and oxygen atoms in total. The molecule has 0 aliphatic carbocycles. The zero-order chi connectivity index (χ0) is 25.1. The number of ether oxygens (including phenoxy) is 3. The highest BCUT2D eigenvalue weighted by Crippen LogP contribution is 2.43. The number of halogens is 1. The number of piperidine rings is 1. The topological polar surface area (TPSA) is 132 Å². The molecule has 2 aliphatic rings. The van der Waals surface area contributed by atoms with E-state index in [9.17, 15) is 9.59 Å². The van der Waals surface area contributed by atoms with Crippen molar-refractivity contribution in [2.24, 2.45) is 5.92 Å². The maximum atomic E-state index is 12.8. The highest BCUT2D eigenvalue weighted by Gasteiger charge is 2.27. The molecule has 4 N–H and O–H groups in total. The van der Waals surface area contributed by atoms with Crippen LogP contribution >= 0.6 is 11.6 Å². The number of aromatic nitrogens is 2. The highest BCUT2D eigenvalue weighted by molar-refractivity contribution is 6.34. The Morgan fingerprint density at radius 2 is 1.97 bits per heavy atom. The number of nitrogens with zero attached hydrogens (tertiary/aromatic N) is 2. The SMILES string of the molecule is Nc1c(Cl)cc(C(=O)OCC2CCN(CCNc3nc4ccccc4c(=O)[nH]3)CC2)c2c1OCCO2. The van der Waals surface area contributed by atoms with Crippen LogP contribution in [0.1, 0.15) is 23.2 Å². The quantitative estimate of drug-likeness (QED) is 0.322. The summed E-state index contributed by atoms with van der Waals surface area (Å²) in [6.07, 6.45) is 1.83. The van der Waals surface area contributed by atoms with Crippen molar-refractivity contribution in [2.45, 2.75) is 12.8 Å². The Bertz CT molecular complexity index is 1320. The summed E-state index contributed by atoms with van der Waals surface area (Å²) in [6.45, 7) is 4.26. The van der Waals surface area contributed by atoms with Gasteiger partial charge in [0.05, 0.1) is 28.2 Å². The van der Waals surface area contributed by atoms with Gasteiger partial charge in [-0.2, -0.15) is 0 Å². The minimum absolute atomic E-state index is 0.153. The van der Waals surface area contributed by atoms with E-state index in [1.807, 2.05) is 18.2 Å². The van der Waals surface area contributed by atoms with E-state index >= 15 is 0 Å². The highest BCUT2D eigenvalue weighted by atomic mass is 35.5. The molecule has 2 aliphatic heterocycles. The fourth-order valence-corrected chi connectivity index (χ4v) is 4.69. The van der Waals surface area contributed by atoms with E-state index in [-0.39, 0.29) is 33.5 Å². The Labute approximate surface area is 212 Å². The number of nitrogens with one attached hydrogen (secondary N) is 2. The summed E-state index contributed by atoms with van der Waals surface area (Å²) in [6, 6.07) is 8.74. The number of benzene rings is 2. The van der Waals surface area contributed by atoms with E-state index in [2.05, 4.69) is 20.2 Å². The molecule has 11 heteroatoms. The van der Waals surface area contributed by atoms with Crippen LogP contribution in [0.4, 0.5) is 11.6 Å². The van der Waals surface area contributed by atoms with E-state index in [0.717, 1.165) is 32.5 Å². The van der Waals surface area contributed by atoms with Crippen LogP contribution in [-0.4, -0.2) is 66.8 Å². The lowest BCUT2D eigenvalue weighted by atomic mass is 9.98. The molecule has 190 valence electrons. The summed E-state index contributed by atoms with van der Waals surface area (Å²) >= 11 is 6.17. The van der Waals surface area contributed by atoms with Crippen LogP contribution in [0.15, 0.2) is 35.1 Å². The second kappa shape index (κ2) is 10.6. The number of likely N-dealkylation sites (tertiary alicyclic amines) is 1. The molecule has 5 rings (SSSR count). The summed E-state index contributed by atoms with van der Waals surface area (Å²) in [5.74, 6) is 0.833. The number of carbonyl (C=O) groups excluding carboxylic acids is 1. The molecular weight excluding hydrogens is 486 g/mol. The predicted molar refractivity (Wildman–Crippen MR) is 137 cm³/mol. The molecule has 1 aromatic heterocycles. The molecule has 0 amide bonds. The number of para-hydroxylation sites is 1. The Kier molecular flexibility index (Phi) is 7.15. The number of hydrogen-bond donors (Lipinski definition) is 3. The van der Waals surface area contributed by atoms with Crippen molar-refractivity contribution in [2.75, 3.05) is 57.1 Å². The number of H-pyrrole nitrogens is 1. The average Bonchev–Trinajstić information content (AvgIpc) is 2.90. The molecule has 0 saturated carbocycles. The number of nitrogens with two attached hydrogens (primary N) is 1. The van der Waals surface area contributed by atoms with Crippen LogP contribution in [0.25, 0.3) is 10.9 Å². The number of fused-ring (bicyclic) bond motifs is 2. The molecular formula is C25H28ClN5O5. The summed E-state index contributed by atoms with van der Waals surface area (Å²) in [5.41, 5.74) is 6.95. The van der Waals surface area contributed by atoms with Gasteiger partial charge in [0.25, 0.3) is 5.56 Å². The number of aromatic amines is 1. The Hall–Kier alpha value is -3.50. The maximum Gasteiger partial charge on any atom is 0.342 e. The van der Waals surface area contributed by atoms with E-state index in [0.29, 0.717) is 49.0 Å². The van der Waals surface area contributed by atoms with Gasteiger partial charge in [-0.3, -0.25) is 9.78 Å². The van der Waals surface area contributed by atoms with E-state index < -0.39 is 5.97 Å². The van der Waals surface area contributed by atoms with E-state index in [4.69, 9.17) is 31.5 Å². The summed E-state index contributed by atoms with van der Waals surface area (Å²) in [4.78, 5) is 34.5. The second-order valence-electron chi connectivity index (χ2n) is 8.92. The Morgan fingerprint density at radius 1 is 1.22 bits per heavy atom. The number of rotatable bonds is 7. The molecule has 36 heavy (non-hydrogen) atoms. The largest absolute Gasteiger partial charge is 0.485 e. The number of anilines is 2. The van der Waals surface area contributed by atoms with Crippen LogP contribution in [-0.2, 0) is 4.74 Å². The summed E-state index contributed by atoms with van der Waals surface area (Å²) < 4.78 is 16.8. The van der Waals surface area contributed by atoms with Gasteiger partial charge < -0.3 is 30.2 Å². The zero-order valence-electron chi connectivity index (χ0n) is 19.7. The van der Waals surface area contributed by atoms with Crippen LogP contribution in [0, 0.1) is 5.92 Å². The van der Waals surface area contributed by atoms with Gasteiger partial charge in [-0.1, -0.05) is 23.7 Å². The van der Waals surface area contributed by atoms with Crippen LogP contribution in [0.3, 0.4) is 0 Å². The molecule has 0 radical (unpaired) electrons. The molecule has 3 heterocycles. The molecule has 1 fully saturated rings. The third kappa shape index (κ3) is 5.19. The third-order valence-electron chi connectivity index (χ3n) is 6.51. The normalized spacial score (nSPS) is 16.1. The van der Waals surface area contributed by atoms with Gasteiger partial charge in [-0.05, 0) is 50.0 Å². The first-order valence-electron chi connectivity index (χ1n) is 12.0. The maximum absolute atomic E-state index is 12.8. The van der Waals surface area contributed by atoms with Crippen molar-refractivity contribution in [3.8, 4) is 11.5 Å². The van der Waals surface area contributed by atoms with Crippen molar-refractivity contribution in [3.05, 3.63) is 51.3 Å². The zero-order valence-corrected chi connectivity index (χ0v) is 20.5. The number of esters is 1. The lowest BCUT2D eigenvalue weighted by molar-refractivity contribution is 0.0366. The molecule has 3 aromatic rings. The molecule has 0 atom stereocenters. The van der Waals surface area contributed by atoms with Gasteiger partial charge in [-0.25, -0.2) is 9.78 Å². The standard InChI is InChI=1S/C25H28ClN5O5/c26-18-13-17(21-22(20(18)27)35-12-11-34-21)24(33)36-14-15-5-8-31(9-6-15)10-7-28-25-29-19-4-2-1-3-16(19)23(32)30-25/h1-4,13,15H,5-12,14,27H2,(H2,28,29,30,32). The third-order valence-corrected chi connectivity index (χ3v) is 6.82. The van der Waals surface area contributed by atoms with Crippen molar-refractivity contribution >= 4 is 40.1 Å². The smallest absolute Gasteiger partial charge is 0.342 e. The number of nitrogen functional groups attached to an aromatic ring is 1. The summed E-state index contributed by atoms with van der Waals surface area (Å²) in [5, 5.41) is 4.02. The fourth-order valence-electron chi connectivity index (χ4n) is 4.50. The first kappa shape index (κ1) is 24.2. The van der Waals surface area contributed by atoms with Gasteiger partial charge >= 0.3 is 5.97 Å². The molecule has 0 spiro atoms. The number of carbonyl (C=O) groups is 1. The second-order valence-corrected chi connectivity index (χ2v) is 9.32. The first-order chi connectivity index (χ1) is 17.5. The van der Waals surface area contributed by atoms with Crippen molar-refractivity contribution < 1.29 is 19.0 Å². The van der Waals surface area contributed by atoms with Gasteiger partial charge in [0.1, 0.15) is 18.8 Å². The fraction of sp³-hybridized carbons (Fsp3) is 0.400. The van der Waals surface area contributed by atoms with E-state index in [1.165, 1.54) is 6.07 Å². The summed E-state index contributed by atoms with van der Waals surface area (Å²) in [7, 11) is 0. The van der Waals surface area contributed by atoms with Crippen LogP contribution in [0.2, 0.25) is 5.02 Å². The van der Waals surface area contributed by atoms with E-state index in [1.54, 1.807) is 6.07 Å². The van der Waals surface area contributed by atoms with Gasteiger partial charge in [-0.15, -0.1) is 0 Å². The first-order valence-corrected chi connectivity index (χ1v) is 12.4. The van der Waals surface area contributed by atoms with Gasteiger partial charge in [0.15, 0.2) is 11.5 Å². The van der Waals surface area contributed by atoms with Gasteiger partial charge in [0.2, 0.25) is 5.95 Å². The molecule has 2 aromatic carbocycles. The lowest BCUT2D eigenvalue weighted by Crippen LogP contribution is -2.38. The molecule has 0 bridgehead atoms. The van der Waals surface area contributed by atoms with Crippen molar-refractivity contribution in [1.82, 2.24) is 14.9 Å². The van der Waals surface area contributed by atoms with Crippen molar-refractivity contribution in [3.63, 3.8) is 0 Å². The molecule has 0 unspecified atom stereocenters. The number of hydrogen-bond acceptors (Lipinski definition) is 9. The van der Waals surface area contributed by atoms with Crippen molar-refractivity contribution in [1.29, 1.82) is 0 Å². The lowest BCUT2D eigenvalue weighted by Gasteiger charge is -2.31. The average molecular weight is 514 g/mol. The van der Waals surface area contributed by atoms with Gasteiger partial charge in [0, 0.05) is 13.1 Å². The Morgan fingerprint density at radius 3 is 2.78 bits per heavy atom. The van der Waals surface area contributed by atoms with Crippen LogP contribution < -0.4 is 26.1 Å². The molecule has 1 saturated heterocycles.